The maximum Gasteiger partial charge on any atom is 0.417 e. The SMILES string of the molecule is O=C1CC(C(=O)Nc2ccc(Br)c(C(F)(F)F)c2)CN1. The zero-order valence-electron chi connectivity index (χ0n) is 10.1. The van der Waals surface area contributed by atoms with Crippen LogP contribution in [-0.4, -0.2) is 18.4 Å². The molecule has 1 heterocycles. The third-order valence-electron chi connectivity index (χ3n) is 2.89. The van der Waals surface area contributed by atoms with E-state index >= 15 is 0 Å². The van der Waals surface area contributed by atoms with Gasteiger partial charge in [0.05, 0.1) is 11.5 Å². The smallest absolute Gasteiger partial charge is 0.355 e. The zero-order chi connectivity index (χ0) is 14.9. The van der Waals surface area contributed by atoms with Gasteiger partial charge in [0, 0.05) is 23.1 Å². The molecule has 2 N–H and O–H groups in total. The molecule has 0 radical (unpaired) electrons. The molecule has 1 fully saturated rings. The number of hydrogen-bond donors (Lipinski definition) is 2. The lowest BCUT2D eigenvalue weighted by atomic mass is 10.1. The first-order chi connectivity index (χ1) is 9.27. The van der Waals surface area contributed by atoms with Crippen molar-refractivity contribution in [3.05, 3.63) is 28.2 Å². The number of anilines is 1. The minimum absolute atomic E-state index is 0.0462. The molecule has 4 nitrogen and oxygen atoms in total. The van der Waals surface area contributed by atoms with Crippen LogP contribution in [0.2, 0.25) is 0 Å². The third-order valence-corrected chi connectivity index (χ3v) is 3.58. The normalized spacial score (nSPS) is 18.8. The highest BCUT2D eigenvalue weighted by atomic mass is 79.9. The largest absolute Gasteiger partial charge is 0.417 e. The van der Waals surface area contributed by atoms with Crippen molar-refractivity contribution in [3.63, 3.8) is 0 Å². The molecule has 108 valence electrons. The van der Waals surface area contributed by atoms with Crippen molar-refractivity contribution >= 4 is 33.4 Å². The molecule has 0 bridgehead atoms. The van der Waals surface area contributed by atoms with E-state index in [2.05, 4.69) is 26.6 Å². The lowest BCUT2D eigenvalue weighted by molar-refractivity contribution is -0.138. The summed E-state index contributed by atoms with van der Waals surface area (Å²) >= 11 is 2.82. The number of amides is 2. The number of carbonyl (C=O) groups excluding carboxylic acids is 2. The Labute approximate surface area is 120 Å². The van der Waals surface area contributed by atoms with E-state index in [4.69, 9.17) is 0 Å². The van der Waals surface area contributed by atoms with E-state index in [1.807, 2.05) is 0 Å². The minimum atomic E-state index is -4.51. The summed E-state index contributed by atoms with van der Waals surface area (Å²) in [4.78, 5) is 22.8. The first-order valence-electron chi connectivity index (χ1n) is 5.71. The predicted molar refractivity (Wildman–Crippen MR) is 68.9 cm³/mol. The summed E-state index contributed by atoms with van der Waals surface area (Å²) in [5, 5.41) is 4.89. The van der Waals surface area contributed by atoms with Crippen LogP contribution in [0.25, 0.3) is 0 Å². The summed E-state index contributed by atoms with van der Waals surface area (Å²) in [6.45, 7) is 0.202. The van der Waals surface area contributed by atoms with Crippen LogP contribution in [0, 0.1) is 5.92 Å². The van der Waals surface area contributed by atoms with Crippen molar-refractivity contribution in [1.82, 2.24) is 5.32 Å². The molecule has 0 aliphatic carbocycles. The number of rotatable bonds is 2. The molecule has 2 rings (SSSR count). The number of halogens is 4. The monoisotopic (exact) mass is 350 g/mol. The zero-order valence-corrected chi connectivity index (χ0v) is 11.6. The van der Waals surface area contributed by atoms with E-state index in [9.17, 15) is 22.8 Å². The summed E-state index contributed by atoms with van der Waals surface area (Å²) < 4.78 is 38.1. The molecule has 1 aliphatic rings. The third kappa shape index (κ3) is 3.30. The molecule has 1 saturated heterocycles. The summed E-state index contributed by atoms with van der Waals surface area (Å²) in [5.74, 6) is -1.27. The van der Waals surface area contributed by atoms with E-state index in [1.165, 1.54) is 12.1 Å². The molecule has 2 amide bonds. The fourth-order valence-electron chi connectivity index (χ4n) is 1.86. The Morgan fingerprint density at radius 3 is 2.65 bits per heavy atom. The maximum atomic E-state index is 12.7. The fourth-order valence-corrected chi connectivity index (χ4v) is 2.33. The first-order valence-corrected chi connectivity index (χ1v) is 6.51. The lowest BCUT2D eigenvalue weighted by Crippen LogP contribution is -2.24. The van der Waals surface area contributed by atoms with Crippen LogP contribution in [0.3, 0.4) is 0 Å². The highest BCUT2D eigenvalue weighted by molar-refractivity contribution is 9.10. The second-order valence-electron chi connectivity index (χ2n) is 4.39. The molecular formula is C12H10BrF3N2O2. The van der Waals surface area contributed by atoms with Gasteiger partial charge in [0.1, 0.15) is 0 Å². The van der Waals surface area contributed by atoms with Crippen molar-refractivity contribution in [2.24, 2.45) is 5.92 Å². The van der Waals surface area contributed by atoms with E-state index in [-0.39, 0.29) is 29.0 Å². The van der Waals surface area contributed by atoms with Gasteiger partial charge in [-0.25, -0.2) is 0 Å². The Bertz CT molecular complexity index is 560. The predicted octanol–water partition coefficient (Wildman–Crippen LogP) is 2.54. The highest BCUT2D eigenvalue weighted by Crippen LogP contribution is 2.36. The maximum absolute atomic E-state index is 12.7. The topological polar surface area (TPSA) is 58.2 Å². The van der Waals surface area contributed by atoms with Crippen molar-refractivity contribution in [3.8, 4) is 0 Å². The van der Waals surface area contributed by atoms with Gasteiger partial charge in [0.2, 0.25) is 11.8 Å². The van der Waals surface area contributed by atoms with Gasteiger partial charge in [-0.3, -0.25) is 9.59 Å². The van der Waals surface area contributed by atoms with Crippen LogP contribution >= 0.6 is 15.9 Å². The quantitative estimate of drug-likeness (QED) is 0.861. The number of carbonyl (C=O) groups is 2. The van der Waals surface area contributed by atoms with E-state index in [0.29, 0.717) is 0 Å². The van der Waals surface area contributed by atoms with Gasteiger partial charge in [0.25, 0.3) is 0 Å². The molecule has 20 heavy (non-hydrogen) atoms. The molecule has 1 unspecified atom stereocenters. The van der Waals surface area contributed by atoms with Gasteiger partial charge in [-0.05, 0) is 18.2 Å². The molecule has 0 aromatic heterocycles. The van der Waals surface area contributed by atoms with Crippen LogP contribution < -0.4 is 10.6 Å². The van der Waals surface area contributed by atoms with Crippen molar-refractivity contribution in [2.45, 2.75) is 12.6 Å². The van der Waals surface area contributed by atoms with Crippen molar-refractivity contribution in [1.29, 1.82) is 0 Å². The average molecular weight is 351 g/mol. The number of alkyl halides is 3. The second kappa shape index (κ2) is 5.43. The molecule has 1 aromatic rings. The second-order valence-corrected chi connectivity index (χ2v) is 5.24. The highest BCUT2D eigenvalue weighted by Gasteiger charge is 2.33. The van der Waals surface area contributed by atoms with Gasteiger partial charge in [0.15, 0.2) is 0 Å². The molecular weight excluding hydrogens is 341 g/mol. The first kappa shape index (κ1) is 14.8. The van der Waals surface area contributed by atoms with Crippen LogP contribution in [0.15, 0.2) is 22.7 Å². The van der Waals surface area contributed by atoms with E-state index in [1.54, 1.807) is 0 Å². The van der Waals surface area contributed by atoms with Gasteiger partial charge in [-0.1, -0.05) is 15.9 Å². The van der Waals surface area contributed by atoms with Crippen LogP contribution in [0.5, 0.6) is 0 Å². The Hall–Kier alpha value is -1.57. The van der Waals surface area contributed by atoms with E-state index in [0.717, 1.165) is 6.07 Å². The number of nitrogens with one attached hydrogen (secondary N) is 2. The standard InChI is InChI=1S/C12H10BrF3N2O2/c13-9-2-1-7(4-8(9)12(14,15)16)18-11(20)6-3-10(19)17-5-6/h1-2,4,6H,3,5H2,(H,17,19)(H,18,20). The van der Waals surface area contributed by atoms with Crippen molar-refractivity contribution in [2.75, 3.05) is 11.9 Å². The van der Waals surface area contributed by atoms with Crippen molar-refractivity contribution < 1.29 is 22.8 Å². The summed E-state index contributed by atoms with van der Waals surface area (Å²) in [5.41, 5.74) is -0.819. The van der Waals surface area contributed by atoms with Crippen LogP contribution in [0.1, 0.15) is 12.0 Å². The summed E-state index contributed by atoms with van der Waals surface area (Å²) in [6.07, 6.45) is -4.46. The molecule has 1 aromatic carbocycles. The van der Waals surface area contributed by atoms with Crippen LogP contribution in [-0.2, 0) is 15.8 Å². The molecule has 0 spiro atoms. The van der Waals surface area contributed by atoms with Gasteiger partial charge < -0.3 is 10.6 Å². The van der Waals surface area contributed by atoms with Gasteiger partial charge >= 0.3 is 6.18 Å². The molecule has 8 heteroatoms. The molecule has 1 aliphatic heterocycles. The summed E-state index contributed by atoms with van der Waals surface area (Å²) in [7, 11) is 0. The Kier molecular flexibility index (Phi) is 4.03. The van der Waals surface area contributed by atoms with Gasteiger partial charge in [-0.15, -0.1) is 0 Å². The summed E-state index contributed by atoms with van der Waals surface area (Å²) in [6, 6.07) is 3.43. The number of hydrogen-bond acceptors (Lipinski definition) is 2. The Morgan fingerprint density at radius 2 is 2.10 bits per heavy atom. The Morgan fingerprint density at radius 1 is 1.40 bits per heavy atom. The average Bonchev–Trinajstić information content (AvgIpc) is 2.77. The van der Waals surface area contributed by atoms with E-state index < -0.39 is 23.6 Å². The lowest BCUT2D eigenvalue weighted by Gasteiger charge is -2.13. The molecule has 0 saturated carbocycles. The van der Waals surface area contributed by atoms with Crippen LogP contribution in [0.4, 0.5) is 18.9 Å². The molecule has 1 atom stereocenters. The minimum Gasteiger partial charge on any atom is -0.355 e. The number of benzene rings is 1. The fraction of sp³-hybridized carbons (Fsp3) is 0.333. The van der Waals surface area contributed by atoms with Gasteiger partial charge in [-0.2, -0.15) is 13.2 Å². The Balaban J connectivity index is 2.14.